The smallest absolute Gasteiger partial charge is 0.269 e. The molecule has 0 saturated heterocycles. The van der Waals surface area contributed by atoms with Crippen molar-refractivity contribution in [2.24, 2.45) is 0 Å². The average molecular weight is 256 g/mol. The van der Waals surface area contributed by atoms with Gasteiger partial charge in [0.1, 0.15) is 0 Å². The molecule has 0 fully saturated rings. The maximum absolute atomic E-state index is 12.7. The van der Waals surface area contributed by atoms with Crippen molar-refractivity contribution in [1.29, 1.82) is 0 Å². The molecule has 1 rings (SSSR count). The van der Waals surface area contributed by atoms with Gasteiger partial charge in [0.15, 0.2) is 5.75 Å². The number of pyridine rings is 1. The Labute approximate surface area is 80.9 Å². The minimum Gasteiger partial charge on any atom is -0.494 e. The van der Waals surface area contributed by atoms with Crippen LogP contribution in [-0.2, 0) is 0 Å². The van der Waals surface area contributed by atoms with E-state index in [-0.39, 0.29) is 10.2 Å². The van der Waals surface area contributed by atoms with Crippen LogP contribution in [0.4, 0.5) is 13.2 Å². The van der Waals surface area contributed by atoms with Gasteiger partial charge in [-0.1, -0.05) is 0 Å². The van der Waals surface area contributed by atoms with E-state index in [1.54, 1.807) is 0 Å². The Hall–Kier alpha value is -0.780. The fourth-order valence-corrected chi connectivity index (χ4v) is 1.39. The molecule has 0 aliphatic carbocycles. The van der Waals surface area contributed by atoms with Gasteiger partial charge in [-0.3, -0.25) is 0 Å². The van der Waals surface area contributed by atoms with Gasteiger partial charge in [0, 0.05) is 0 Å². The molecule has 72 valence electrons. The third-order valence-electron chi connectivity index (χ3n) is 1.41. The third-order valence-corrected chi connectivity index (χ3v) is 2.23. The van der Waals surface area contributed by atoms with Crippen molar-refractivity contribution >= 4 is 15.9 Å². The molecule has 0 radical (unpaired) electrons. The number of alkyl halides is 2. The van der Waals surface area contributed by atoms with E-state index in [1.165, 1.54) is 7.11 Å². The van der Waals surface area contributed by atoms with Crippen LogP contribution < -0.4 is 4.74 Å². The first-order valence-electron chi connectivity index (χ1n) is 3.24. The molecule has 0 amide bonds. The molecule has 0 unspecified atom stereocenters. The summed E-state index contributed by atoms with van der Waals surface area (Å²) in [6, 6.07) is 0. The van der Waals surface area contributed by atoms with E-state index in [1.807, 2.05) is 0 Å². The van der Waals surface area contributed by atoms with Crippen molar-refractivity contribution in [1.82, 2.24) is 4.98 Å². The second kappa shape index (κ2) is 3.95. The Bertz CT molecular complexity index is 319. The molecule has 0 bridgehead atoms. The Morgan fingerprint density at radius 1 is 1.54 bits per heavy atom. The Morgan fingerprint density at radius 3 is 2.62 bits per heavy atom. The minimum atomic E-state index is -2.92. The van der Waals surface area contributed by atoms with Gasteiger partial charge in [0.25, 0.3) is 6.43 Å². The maximum Gasteiger partial charge on any atom is 0.269 e. The number of rotatable bonds is 2. The van der Waals surface area contributed by atoms with Crippen LogP contribution in [0.15, 0.2) is 10.7 Å². The highest BCUT2D eigenvalue weighted by molar-refractivity contribution is 9.10. The summed E-state index contributed by atoms with van der Waals surface area (Å²) in [4.78, 5) is 3.13. The molecule has 0 saturated carbocycles. The van der Waals surface area contributed by atoms with Crippen molar-refractivity contribution in [2.45, 2.75) is 6.43 Å². The zero-order valence-corrected chi connectivity index (χ0v) is 8.11. The molecule has 0 atom stereocenters. The predicted molar refractivity (Wildman–Crippen MR) is 43.4 cm³/mol. The van der Waals surface area contributed by atoms with E-state index in [2.05, 4.69) is 25.7 Å². The topological polar surface area (TPSA) is 22.1 Å². The highest BCUT2D eigenvalue weighted by Crippen LogP contribution is 2.34. The highest BCUT2D eigenvalue weighted by Gasteiger charge is 2.21. The lowest BCUT2D eigenvalue weighted by Crippen LogP contribution is -1.98. The molecule has 0 aliphatic heterocycles. The second-order valence-electron chi connectivity index (χ2n) is 2.15. The van der Waals surface area contributed by atoms with E-state index in [9.17, 15) is 13.2 Å². The van der Waals surface area contributed by atoms with Crippen molar-refractivity contribution in [3.05, 3.63) is 22.2 Å². The molecule has 2 nitrogen and oxygen atoms in total. The fraction of sp³-hybridized carbons (Fsp3) is 0.286. The summed E-state index contributed by atoms with van der Waals surface area (Å²) < 4.78 is 41.8. The second-order valence-corrected chi connectivity index (χ2v) is 2.94. The average Bonchev–Trinajstić information content (AvgIpc) is 2.04. The summed E-state index contributed by atoms with van der Waals surface area (Å²) >= 11 is 2.81. The number of aromatic nitrogens is 1. The van der Waals surface area contributed by atoms with Crippen LogP contribution in [-0.4, -0.2) is 12.1 Å². The molecule has 0 aromatic carbocycles. The quantitative estimate of drug-likeness (QED) is 0.759. The van der Waals surface area contributed by atoms with E-state index < -0.39 is 17.9 Å². The first kappa shape index (κ1) is 10.3. The SMILES string of the molecule is COc1cnc(F)c(C(F)F)c1Br. The van der Waals surface area contributed by atoms with Crippen LogP contribution in [0.2, 0.25) is 0 Å². The Kier molecular flexibility index (Phi) is 3.13. The number of halogens is 4. The van der Waals surface area contributed by atoms with Crippen LogP contribution >= 0.6 is 15.9 Å². The molecular weight excluding hydrogens is 251 g/mol. The van der Waals surface area contributed by atoms with E-state index in [0.717, 1.165) is 6.20 Å². The van der Waals surface area contributed by atoms with Gasteiger partial charge in [0.2, 0.25) is 5.95 Å². The molecule has 0 N–H and O–H groups in total. The third kappa shape index (κ3) is 1.93. The van der Waals surface area contributed by atoms with Crippen molar-refractivity contribution in [2.75, 3.05) is 7.11 Å². The fourth-order valence-electron chi connectivity index (χ4n) is 0.793. The molecule has 6 heteroatoms. The standard InChI is InChI=1S/C7H5BrF3NO/c1-13-3-2-12-7(11)4(5(3)8)6(9)10/h2,6H,1H3. The molecular formula is C7H5BrF3NO. The lowest BCUT2D eigenvalue weighted by molar-refractivity contribution is 0.143. The normalized spacial score (nSPS) is 10.6. The number of methoxy groups -OCH3 is 1. The molecule has 0 aliphatic rings. The lowest BCUT2D eigenvalue weighted by atomic mass is 10.3. The van der Waals surface area contributed by atoms with Gasteiger partial charge in [-0.25, -0.2) is 13.8 Å². The van der Waals surface area contributed by atoms with Crippen molar-refractivity contribution < 1.29 is 17.9 Å². The molecule has 0 spiro atoms. The van der Waals surface area contributed by atoms with Crippen LogP contribution in [0.5, 0.6) is 5.75 Å². The van der Waals surface area contributed by atoms with E-state index in [0.29, 0.717) is 0 Å². The van der Waals surface area contributed by atoms with E-state index >= 15 is 0 Å². The monoisotopic (exact) mass is 255 g/mol. The molecule has 1 heterocycles. The van der Waals surface area contributed by atoms with Crippen LogP contribution in [0, 0.1) is 5.95 Å². The van der Waals surface area contributed by atoms with Crippen LogP contribution in [0.1, 0.15) is 12.0 Å². The summed E-state index contributed by atoms with van der Waals surface area (Å²) in [5.41, 5.74) is -0.778. The number of ether oxygens (including phenoxy) is 1. The van der Waals surface area contributed by atoms with Crippen LogP contribution in [0.25, 0.3) is 0 Å². The molecule has 1 aromatic heterocycles. The first-order chi connectivity index (χ1) is 6.07. The number of nitrogens with zero attached hydrogens (tertiary/aromatic N) is 1. The van der Waals surface area contributed by atoms with Gasteiger partial charge in [-0.05, 0) is 15.9 Å². The van der Waals surface area contributed by atoms with Crippen LogP contribution in [0.3, 0.4) is 0 Å². The van der Waals surface area contributed by atoms with Crippen molar-refractivity contribution in [3.8, 4) is 5.75 Å². The first-order valence-corrected chi connectivity index (χ1v) is 4.03. The lowest BCUT2D eigenvalue weighted by Gasteiger charge is -2.07. The number of hydrogen-bond donors (Lipinski definition) is 0. The van der Waals surface area contributed by atoms with E-state index in [4.69, 9.17) is 0 Å². The zero-order valence-electron chi connectivity index (χ0n) is 6.52. The zero-order chi connectivity index (χ0) is 10.0. The summed E-state index contributed by atoms with van der Waals surface area (Å²) in [7, 11) is 1.29. The Balaban J connectivity index is 3.30. The number of hydrogen-bond acceptors (Lipinski definition) is 2. The van der Waals surface area contributed by atoms with Gasteiger partial charge in [-0.2, -0.15) is 4.39 Å². The van der Waals surface area contributed by atoms with Crippen molar-refractivity contribution in [3.63, 3.8) is 0 Å². The summed E-state index contributed by atoms with van der Waals surface area (Å²) in [5, 5.41) is 0. The predicted octanol–water partition coefficient (Wildman–Crippen LogP) is 2.93. The molecule has 1 aromatic rings. The summed E-state index contributed by atoms with van der Waals surface area (Å²) in [6.07, 6.45) is -1.89. The summed E-state index contributed by atoms with van der Waals surface area (Å²) in [5.74, 6) is -1.11. The van der Waals surface area contributed by atoms with Gasteiger partial charge in [-0.15, -0.1) is 0 Å². The van der Waals surface area contributed by atoms with Gasteiger partial charge >= 0.3 is 0 Å². The Morgan fingerprint density at radius 2 is 2.15 bits per heavy atom. The maximum atomic E-state index is 12.7. The largest absolute Gasteiger partial charge is 0.494 e. The highest BCUT2D eigenvalue weighted by atomic mass is 79.9. The minimum absolute atomic E-state index is 0.0803. The summed E-state index contributed by atoms with van der Waals surface area (Å²) in [6.45, 7) is 0. The molecule has 13 heavy (non-hydrogen) atoms. The van der Waals surface area contributed by atoms with Gasteiger partial charge in [0.05, 0.1) is 23.3 Å². The van der Waals surface area contributed by atoms with Gasteiger partial charge < -0.3 is 4.74 Å².